The summed E-state index contributed by atoms with van der Waals surface area (Å²) in [6.07, 6.45) is 3.66. The lowest BCUT2D eigenvalue weighted by atomic mass is 9.77. The molecule has 0 atom stereocenters. The maximum Gasteiger partial charge on any atom is 0.312 e. The number of cyclic esters (lactones) is 1. The van der Waals surface area contributed by atoms with Crippen LogP contribution < -0.4 is 15.0 Å². The topological polar surface area (TPSA) is 101 Å². The van der Waals surface area contributed by atoms with E-state index in [1.165, 1.54) is 23.1 Å². The van der Waals surface area contributed by atoms with Gasteiger partial charge >= 0.3 is 5.97 Å². The minimum absolute atomic E-state index is 0.118. The van der Waals surface area contributed by atoms with Crippen molar-refractivity contribution in [1.82, 2.24) is 9.88 Å². The van der Waals surface area contributed by atoms with Crippen LogP contribution in [0.15, 0.2) is 57.8 Å². The van der Waals surface area contributed by atoms with Crippen molar-refractivity contribution in [3.8, 4) is 5.75 Å². The number of likely N-dealkylation sites (tertiary alicyclic amines) is 1. The van der Waals surface area contributed by atoms with Crippen LogP contribution in [-0.4, -0.2) is 68.6 Å². The van der Waals surface area contributed by atoms with Crippen LogP contribution in [0.2, 0.25) is 0 Å². The highest BCUT2D eigenvalue weighted by atomic mass is 32.2. The number of piperidine rings is 1. The molecule has 0 saturated carbocycles. The molecule has 0 bridgehead atoms. The lowest BCUT2D eigenvalue weighted by Crippen LogP contribution is -2.45. The van der Waals surface area contributed by atoms with Crippen molar-refractivity contribution in [2.24, 2.45) is 5.41 Å². The lowest BCUT2D eigenvalue weighted by Gasteiger charge is -2.36. The number of esters is 1. The Morgan fingerprint density at radius 1 is 1.13 bits per heavy atom. The molecule has 1 N–H and O–H groups in total. The number of nitrogens with one attached hydrogen (secondary N) is 1. The summed E-state index contributed by atoms with van der Waals surface area (Å²) in [7, 11) is 5.44. The van der Waals surface area contributed by atoms with Gasteiger partial charge in [0.05, 0.1) is 35.1 Å². The minimum atomic E-state index is -0.437. The first-order valence-electron chi connectivity index (χ1n) is 12.6. The molecule has 5 rings (SSSR count). The molecule has 0 radical (unpaired) electrons. The molecule has 39 heavy (non-hydrogen) atoms. The molecule has 2 aromatic carbocycles. The van der Waals surface area contributed by atoms with Crippen molar-refractivity contribution in [2.75, 3.05) is 51.1 Å². The van der Waals surface area contributed by atoms with E-state index in [1.807, 2.05) is 43.3 Å². The molecule has 2 saturated heterocycles. The summed E-state index contributed by atoms with van der Waals surface area (Å²) < 4.78 is 11.6. The van der Waals surface area contributed by atoms with Gasteiger partial charge in [-0.15, -0.1) is 0 Å². The van der Waals surface area contributed by atoms with E-state index >= 15 is 0 Å². The quantitative estimate of drug-likeness (QED) is 0.408. The van der Waals surface area contributed by atoms with E-state index in [-0.39, 0.29) is 17.8 Å². The van der Waals surface area contributed by atoms with E-state index in [0.29, 0.717) is 54.5 Å². The zero-order valence-corrected chi connectivity index (χ0v) is 23.7. The second-order valence-corrected chi connectivity index (χ2v) is 12.2. The number of amides is 2. The fraction of sp³-hybridized carbons (Fsp3) is 0.357. The number of hydrogen-bond acceptors (Lipinski definition) is 9. The zero-order valence-electron chi connectivity index (χ0n) is 22.1. The third-order valence-electron chi connectivity index (χ3n) is 7.23. The Hall–Kier alpha value is -3.57. The number of hydrogen-bond donors (Lipinski definition) is 1. The van der Waals surface area contributed by atoms with Crippen LogP contribution in [0.4, 0.5) is 10.8 Å². The summed E-state index contributed by atoms with van der Waals surface area (Å²) in [6.45, 7) is 1.47. The second kappa shape index (κ2) is 11.3. The summed E-state index contributed by atoms with van der Waals surface area (Å²) in [5, 5.41) is 3.35. The number of benzene rings is 2. The van der Waals surface area contributed by atoms with Gasteiger partial charge in [-0.3, -0.25) is 19.7 Å². The molecule has 9 nitrogen and oxygen atoms in total. The lowest BCUT2D eigenvalue weighted by molar-refractivity contribution is -0.148. The van der Waals surface area contributed by atoms with E-state index in [1.54, 1.807) is 36.4 Å². The van der Waals surface area contributed by atoms with Crippen molar-refractivity contribution in [1.29, 1.82) is 0 Å². The fourth-order valence-corrected chi connectivity index (χ4v) is 6.72. The van der Waals surface area contributed by atoms with Gasteiger partial charge in [0.25, 0.3) is 11.8 Å². The summed E-state index contributed by atoms with van der Waals surface area (Å²) in [4.78, 5) is 47.3. The van der Waals surface area contributed by atoms with Gasteiger partial charge in [-0.2, -0.15) is 0 Å². The number of carbonyl (C=O) groups excluding carboxylic acids is 3. The molecule has 1 aromatic heterocycles. The van der Waals surface area contributed by atoms with Crippen molar-refractivity contribution >= 4 is 51.7 Å². The first-order chi connectivity index (χ1) is 18.8. The Morgan fingerprint density at radius 3 is 2.51 bits per heavy atom. The Kier molecular flexibility index (Phi) is 7.81. The third kappa shape index (κ3) is 5.74. The van der Waals surface area contributed by atoms with Crippen LogP contribution in [0, 0.1) is 5.41 Å². The highest BCUT2D eigenvalue weighted by molar-refractivity contribution is 8.01. The minimum Gasteiger partial charge on any atom is -0.496 e. The number of rotatable bonds is 7. The zero-order chi connectivity index (χ0) is 27.6. The summed E-state index contributed by atoms with van der Waals surface area (Å²) in [6, 6.07) is 12.9. The standard InChI is InChI=1S/C28H30N4O5S2/c1-31(2)19-6-4-18(5-7-19)24(33)30-27-29-17-23(39-27)38-20-8-9-22(36-3)21(16-20)25(34)32-13-10-28(11-14-32)12-15-37-26(28)35/h4-9,16-17H,10-15H2,1-3H3,(H,29,30,33). The molecule has 3 heterocycles. The Morgan fingerprint density at radius 2 is 1.87 bits per heavy atom. The first-order valence-corrected chi connectivity index (χ1v) is 14.3. The van der Waals surface area contributed by atoms with Gasteiger partial charge in [0.15, 0.2) is 5.13 Å². The average Bonchev–Trinajstić information content (AvgIpc) is 3.54. The Balaban J connectivity index is 1.24. The molecule has 0 aliphatic carbocycles. The monoisotopic (exact) mass is 566 g/mol. The summed E-state index contributed by atoms with van der Waals surface area (Å²) >= 11 is 2.82. The van der Waals surface area contributed by atoms with Gasteiger partial charge in [-0.25, -0.2) is 4.98 Å². The second-order valence-electron chi connectivity index (χ2n) is 9.80. The summed E-state index contributed by atoms with van der Waals surface area (Å²) in [5.41, 5.74) is 1.61. The van der Waals surface area contributed by atoms with Gasteiger partial charge < -0.3 is 19.3 Å². The molecular formula is C28H30N4O5S2. The van der Waals surface area contributed by atoms with E-state index in [2.05, 4.69) is 10.3 Å². The molecule has 2 fully saturated rings. The maximum absolute atomic E-state index is 13.4. The van der Waals surface area contributed by atoms with Crippen LogP contribution in [0.1, 0.15) is 40.0 Å². The number of nitrogens with zero attached hydrogens (tertiary/aromatic N) is 3. The molecule has 1 spiro atoms. The number of methoxy groups -OCH3 is 1. The average molecular weight is 567 g/mol. The molecule has 0 unspecified atom stereocenters. The number of thiazole rings is 1. The highest BCUT2D eigenvalue weighted by Gasteiger charge is 2.47. The molecule has 2 aliphatic rings. The van der Waals surface area contributed by atoms with Gasteiger partial charge in [-0.1, -0.05) is 23.1 Å². The Bertz CT molecular complexity index is 1380. The van der Waals surface area contributed by atoms with Crippen molar-refractivity contribution in [3.63, 3.8) is 0 Å². The van der Waals surface area contributed by atoms with Crippen LogP contribution in [0.3, 0.4) is 0 Å². The Labute approximate surface area is 235 Å². The van der Waals surface area contributed by atoms with Gasteiger partial charge in [0.1, 0.15) is 5.75 Å². The number of anilines is 2. The number of aromatic nitrogens is 1. The molecule has 3 aromatic rings. The van der Waals surface area contributed by atoms with Crippen LogP contribution >= 0.6 is 23.1 Å². The normalized spacial score (nSPS) is 16.2. The van der Waals surface area contributed by atoms with Crippen LogP contribution in [0.5, 0.6) is 5.75 Å². The summed E-state index contributed by atoms with van der Waals surface area (Å²) in [5.74, 6) is 0.0288. The van der Waals surface area contributed by atoms with Gasteiger partial charge in [0, 0.05) is 43.3 Å². The molecular weight excluding hydrogens is 536 g/mol. The molecule has 204 valence electrons. The largest absolute Gasteiger partial charge is 0.496 e. The van der Waals surface area contributed by atoms with Crippen LogP contribution in [0.25, 0.3) is 0 Å². The van der Waals surface area contributed by atoms with Gasteiger partial charge in [0.2, 0.25) is 0 Å². The first kappa shape index (κ1) is 27.0. The van der Waals surface area contributed by atoms with E-state index < -0.39 is 5.41 Å². The maximum atomic E-state index is 13.4. The van der Waals surface area contributed by atoms with E-state index in [4.69, 9.17) is 9.47 Å². The van der Waals surface area contributed by atoms with Crippen molar-refractivity contribution in [2.45, 2.75) is 28.4 Å². The number of carbonyl (C=O) groups is 3. The smallest absolute Gasteiger partial charge is 0.312 e. The predicted molar refractivity (Wildman–Crippen MR) is 151 cm³/mol. The van der Waals surface area contributed by atoms with Gasteiger partial charge in [-0.05, 0) is 61.7 Å². The molecule has 11 heteroatoms. The molecule has 2 aliphatic heterocycles. The number of ether oxygens (including phenoxy) is 2. The third-order valence-corrected chi connectivity index (χ3v) is 9.23. The fourth-order valence-electron chi connectivity index (χ4n) is 4.83. The van der Waals surface area contributed by atoms with Crippen molar-refractivity contribution in [3.05, 3.63) is 59.8 Å². The van der Waals surface area contributed by atoms with Crippen LogP contribution in [-0.2, 0) is 9.53 Å². The predicted octanol–water partition coefficient (Wildman–Crippen LogP) is 4.79. The van der Waals surface area contributed by atoms with E-state index in [9.17, 15) is 14.4 Å². The van der Waals surface area contributed by atoms with Crippen molar-refractivity contribution < 1.29 is 23.9 Å². The molecule has 2 amide bonds. The SMILES string of the molecule is COc1ccc(Sc2cnc(NC(=O)c3ccc(N(C)C)cc3)s2)cc1C(=O)N1CCC2(CCOC2=O)CC1. The highest BCUT2D eigenvalue weighted by Crippen LogP contribution is 2.41. The van der Waals surface area contributed by atoms with E-state index in [0.717, 1.165) is 21.2 Å².